The Bertz CT molecular complexity index is 824. The zero-order chi connectivity index (χ0) is 19.1. The van der Waals surface area contributed by atoms with Crippen LogP contribution in [0, 0.1) is 18.3 Å². The molecule has 2 aromatic carbocycles. The number of carbonyl (C=O) groups is 2. The number of rotatable bonds is 6. The standard InChI is InChI=1S/C20H22N4O2/c1-14-7-9-17(10-8-14)22-19(25)13-24(3)15(2)20(26)23-18-6-4-5-16(11-18)12-21/h4-11,15H,13H2,1-3H3,(H,22,25)(H,23,26)/t15-/m1/s1. The highest BCUT2D eigenvalue weighted by Gasteiger charge is 2.20. The molecule has 26 heavy (non-hydrogen) atoms. The molecule has 0 aliphatic heterocycles. The third-order valence-electron chi connectivity index (χ3n) is 4.03. The molecule has 134 valence electrons. The van der Waals surface area contributed by atoms with Gasteiger partial charge < -0.3 is 10.6 Å². The molecule has 2 N–H and O–H groups in total. The summed E-state index contributed by atoms with van der Waals surface area (Å²) >= 11 is 0. The number of likely N-dealkylation sites (N-methyl/N-ethyl adjacent to an activating group) is 1. The van der Waals surface area contributed by atoms with Gasteiger partial charge in [-0.25, -0.2) is 0 Å². The first-order valence-electron chi connectivity index (χ1n) is 8.27. The van der Waals surface area contributed by atoms with Crippen molar-refractivity contribution in [3.8, 4) is 6.07 Å². The molecule has 0 bridgehead atoms. The minimum absolute atomic E-state index is 0.0840. The van der Waals surface area contributed by atoms with Crippen LogP contribution < -0.4 is 10.6 Å². The Kier molecular flexibility index (Phi) is 6.48. The van der Waals surface area contributed by atoms with Crippen LogP contribution in [-0.4, -0.2) is 36.3 Å². The highest BCUT2D eigenvalue weighted by molar-refractivity contribution is 5.96. The summed E-state index contributed by atoms with van der Waals surface area (Å²) in [6.45, 7) is 3.79. The van der Waals surface area contributed by atoms with E-state index in [9.17, 15) is 9.59 Å². The van der Waals surface area contributed by atoms with Gasteiger partial charge in [-0.1, -0.05) is 23.8 Å². The van der Waals surface area contributed by atoms with E-state index in [-0.39, 0.29) is 18.4 Å². The predicted molar refractivity (Wildman–Crippen MR) is 102 cm³/mol. The molecule has 0 saturated heterocycles. The van der Waals surface area contributed by atoms with Crippen molar-refractivity contribution in [1.82, 2.24) is 4.90 Å². The lowest BCUT2D eigenvalue weighted by Gasteiger charge is -2.23. The third kappa shape index (κ3) is 5.43. The van der Waals surface area contributed by atoms with E-state index < -0.39 is 6.04 Å². The van der Waals surface area contributed by atoms with Gasteiger partial charge in [-0.05, 0) is 51.2 Å². The minimum atomic E-state index is -0.510. The number of nitrogens with zero attached hydrogens (tertiary/aromatic N) is 2. The monoisotopic (exact) mass is 350 g/mol. The second kappa shape index (κ2) is 8.79. The molecule has 0 radical (unpaired) electrons. The second-order valence-corrected chi connectivity index (χ2v) is 6.19. The first-order valence-corrected chi connectivity index (χ1v) is 8.27. The molecule has 6 heteroatoms. The van der Waals surface area contributed by atoms with Crippen LogP contribution in [0.2, 0.25) is 0 Å². The van der Waals surface area contributed by atoms with E-state index in [2.05, 4.69) is 10.6 Å². The van der Waals surface area contributed by atoms with Crippen molar-refractivity contribution in [3.63, 3.8) is 0 Å². The molecule has 0 spiro atoms. The van der Waals surface area contributed by atoms with Crippen LogP contribution in [0.3, 0.4) is 0 Å². The van der Waals surface area contributed by atoms with E-state index in [4.69, 9.17) is 5.26 Å². The topological polar surface area (TPSA) is 85.2 Å². The molecule has 2 aromatic rings. The first-order chi connectivity index (χ1) is 12.4. The summed E-state index contributed by atoms with van der Waals surface area (Å²) in [7, 11) is 1.71. The fraction of sp³-hybridized carbons (Fsp3) is 0.250. The van der Waals surface area contributed by atoms with Crippen molar-refractivity contribution in [2.45, 2.75) is 19.9 Å². The maximum absolute atomic E-state index is 12.4. The summed E-state index contributed by atoms with van der Waals surface area (Å²) in [5.74, 6) is -0.437. The van der Waals surface area contributed by atoms with Crippen molar-refractivity contribution >= 4 is 23.2 Å². The highest BCUT2D eigenvalue weighted by Crippen LogP contribution is 2.12. The molecule has 0 unspecified atom stereocenters. The predicted octanol–water partition coefficient (Wildman–Crippen LogP) is 2.76. The number of amides is 2. The van der Waals surface area contributed by atoms with Crippen LogP contribution in [0.5, 0.6) is 0 Å². The Hall–Kier alpha value is -3.17. The maximum Gasteiger partial charge on any atom is 0.241 e. The second-order valence-electron chi connectivity index (χ2n) is 6.19. The van der Waals surface area contributed by atoms with E-state index in [1.807, 2.05) is 37.3 Å². The number of benzene rings is 2. The Labute approximate surface area is 153 Å². The number of hydrogen-bond donors (Lipinski definition) is 2. The summed E-state index contributed by atoms with van der Waals surface area (Å²) < 4.78 is 0. The average molecular weight is 350 g/mol. The lowest BCUT2D eigenvalue weighted by molar-refractivity contribution is -0.122. The fourth-order valence-corrected chi connectivity index (χ4v) is 2.31. The lowest BCUT2D eigenvalue weighted by atomic mass is 10.2. The van der Waals surface area contributed by atoms with Crippen LogP contribution >= 0.6 is 0 Å². The average Bonchev–Trinajstić information content (AvgIpc) is 2.63. The Morgan fingerprint density at radius 2 is 1.81 bits per heavy atom. The molecule has 0 aliphatic rings. The van der Waals surface area contributed by atoms with E-state index in [1.54, 1.807) is 43.1 Å². The van der Waals surface area contributed by atoms with Gasteiger partial charge in [0.2, 0.25) is 11.8 Å². The zero-order valence-electron chi connectivity index (χ0n) is 15.1. The normalized spacial score (nSPS) is 11.5. The van der Waals surface area contributed by atoms with Gasteiger partial charge in [0, 0.05) is 11.4 Å². The van der Waals surface area contributed by atoms with Gasteiger partial charge >= 0.3 is 0 Å². The number of carbonyl (C=O) groups excluding carboxylic acids is 2. The molecule has 0 aromatic heterocycles. The Morgan fingerprint density at radius 3 is 2.46 bits per heavy atom. The smallest absolute Gasteiger partial charge is 0.241 e. The molecule has 6 nitrogen and oxygen atoms in total. The summed E-state index contributed by atoms with van der Waals surface area (Å²) in [4.78, 5) is 26.2. The minimum Gasteiger partial charge on any atom is -0.325 e. The van der Waals surface area contributed by atoms with Gasteiger partial charge in [0.15, 0.2) is 0 Å². The SMILES string of the molecule is Cc1ccc(NC(=O)CN(C)[C@H](C)C(=O)Nc2cccc(C#N)c2)cc1. The van der Waals surface area contributed by atoms with Crippen LogP contribution in [0.1, 0.15) is 18.1 Å². The van der Waals surface area contributed by atoms with Gasteiger partial charge in [-0.3, -0.25) is 14.5 Å². The molecule has 0 saturated carbocycles. The van der Waals surface area contributed by atoms with Crippen LogP contribution in [0.25, 0.3) is 0 Å². The molecular weight excluding hydrogens is 328 g/mol. The summed E-state index contributed by atoms with van der Waals surface area (Å²) in [6, 6.07) is 15.7. The van der Waals surface area contributed by atoms with Crippen LogP contribution in [-0.2, 0) is 9.59 Å². The maximum atomic E-state index is 12.4. The largest absolute Gasteiger partial charge is 0.325 e. The van der Waals surface area contributed by atoms with Crippen molar-refractivity contribution in [2.75, 3.05) is 24.2 Å². The quantitative estimate of drug-likeness (QED) is 0.839. The molecule has 1 atom stereocenters. The lowest BCUT2D eigenvalue weighted by Crippen LogP contribution is -2.43. The van der Waals surface area contributed by atoms with Crippen LogP contribution in [0.15, 0.2) is 48.5 Å². The molecule has 0 aliphatic carbocycles. The first kappa shape index (κ1) is 19.2. The zero-order valence-corrected chi connectivity index (χ0v) is 15.1. The van der Waals surface area contributed by atoms with Gasteiger partial charge in [-0.15, -0.1) is 0 Å². The number of aryl methyl sites for hydroxylation is 1. The highest BCUT2D eigenvalue weighted by atomic mass is 16.2. The Balaban J connectivity index is 1.90. The van der Waals surface area contributed by atoms with Crippen LogP contribution in [0.4, 0.5) is 11.4 Å². The number of hydrogen-bond acceptors (Lipinski definition) is 4. The van der Waals surface area contributed by atoms with Gasteiger partial charge in [0.05, 0.1) is 24.2 Å². The van der Waals surface area contributed by atoms with Crippen molar-refractivity contribution in [2.24, 2.45) is 0 Å². The molecule has 2 amide bonds. The number of anilines is 2. The molecule has 0 heterocycles. The van der Waals surface area contributed by atoms with E-state index in [0.29, 0.717) is 11.3 Å². The Morgan fingerprint density at radius 1 is 1.12 bits per heavy atom. The van der Waals surface area contributed by atoms with Gasteiger partial charge in [0.25, 0.3) is 0 Å². The van der Waals surface area contributed by atoms with Gasteiger partial charge in [-0.2, -0.15) is 5.26 Å². The number of nitrogens with one attached hydrogen (secondary N) is 2. The van der Waals surface area contributed by atoms with Crippen molar-refractivity contribution in [1.29, 1.82) is 5.26 Å². The number of nitriles is 1. The third-order valence-corrected chi connectivity index (χ3v) is 4.03. The molecule has 0 fully saturated rings. The molecular formula is C20H22N4O2. The van der Waals surface area contributed by atoms with Crippen molar-refractivity contribution < 1.29 is 9.59 Å². The summed E-state index contributed by atoms with van der Waals surface area (Å²) in [5, 5.41) is 14.5. The summed E-state index contributed by atoms with van der Waals surface area (Å²) in [5.41, 5.74) is 2.87. The van der Waals surface area contributed by atoms with E-state index in [1.165, 1.54) is 0 Å². The van der Waals surface area contributed by atoms with Crippen molar-refractivity contribution in [3.05, 3.63) is 59.7 Å². The summed E-state index contributed by atoms with van der Waals surface area (Å²) in [6.07, 6.45) is 0. The fourth-order valence-electron chi connectivity index (χ4n) is 2.31. The van der Waals surface area contributed by atoms with E-state index in [0.717, 1.165) is 11.3 Å². The molecule has 2 rings (SSSR count). The van der Waals surface area contributed by atoms with E-state index >= 15 is 0 Å². The van der Waals surface area contributed by atoms with Gasteiger partial charge in [0.1, 0.15) is 0 Å².